The third kappa shape index (κ3) is 2.75. The third-order valence-corrected chi connectivity index (χ3v) is 7.09. The van der Waals surface area contributed by atoms with E-state index in [1.165, 1.54) is 16.7 Å². The zero-order valence-electron chi connectivity index (χ0n) is 13.5. The van der Waals surface area contributed by atoms with Crippen molar-refractivity contribution in [1.29, 1.82) is 0 Å². The lowest BCUT2D eigenvalue weighted by Crippen LogP contribution is -2.37. The highest BCUT2D eigenvalue weighted by atomic mass is 32.2. The average molecular weight is 361 g/mol. The van der Waals surface area contributed by atoms with Gasteiger partial charge in [-0.25, -0.2) is 8.42 Å². The first kappa shape index (κ1) is 16.3. The van der Waals surface area contributed by atoms with E-state index < -0.39 is 28.0 Å². The van der Waals surface area contributed by atoms with Crippen molar-refractivity contribution in [3.63, 3.8) is 0 Å². The molecule has 0 spiro atoms. The number of hydrogen-bond donors (Lipinski definition) is 1. The zero-order chi connectivity index (χ0) is 17.6. The summed E-state index contributed by atoms with van der Waals surface area (Å²) in [5, 5.41) is 13.5. The number of aliphatic carboxylic acids is 1. The number of aromatic nitrogens is 2. The first-order valence-corrected chi connectivity index (χ1v) is 9.73. The molecular weight excluding hydrogens is 342 g/mol. The standard InChI is InChI=1S/C17H19N3O4S/c21-17(22)15-8-13-6-7-16(15)20(13)25(23,24)14-9-18-19(11-14)10-12-4-2-1-3-5-12/h1-5,9,11,13,15-16H,6-8,10H2,(H,21,22). The van der Waals surface area contributed by atoms with Crippen molar-refractivity contribution in [2.75, 3.05) is 0 Å². The molecule has 3 heterocycles. The van der Waals surface area contributed by atoms with Crippen LogP contribution in [0.5, 0.6) is 0 Å². The predicted octanol–water partition coefficient (Wildman–Crippen LogP) is 1.56. The summed E-state index contributed by atoms with van der Waals surface area (Å²) in [6.45, 7) is 0.487. The van der Waals surface area contributed by atoms with Gasteiger partial charge >= 0.3 is 5.97 Å². The lowest BCUT2D eigenvalue weighted by Gasteiger charge is -2.21. The summed E-state index contributed by atoms with van der Waals surface area (Å²) in [7, 11) is -3.73. The van der Waals surface area contributed by atoms with E-state index in [4.69, 9.17) is 0 Å². The molecule has 7 nitrogen and oxygen atoms in total. The molecular formula is C17H19N3O4S. The van der Waals surface area contributed by atoms with Crippen LogP contribution in [-0.2, 0) is 21.4 Å². The van der Waals surface area contributed by atoms with Crippen LogP contribution in [0.15, 0.2) is 47.6 Å². The quantitative estimate of drug-likeness (QED) is 0.872. The molecule has 2 aromatic rings. The Hall–Kier alpha value is -2.19. The van der Waals surface area contributed by atoms with Gasteiger partial charge in [-0.05, 0) is 24.8 Å². The SMILES string of the molecule is O=C(O)C1CC2CCC1N2S(=O)(=O)c1cnn(Cc2ccccc2)c1. The molecule has 8 heteroatoms. The largest absolute Gasteiger partial charge is 0.481 e. The highest BCUT2D eigenvalue weighted by molar-refractivity contribution is 7.89. The molecule has 0 amide bonds. The Balaban J connectivity index is 1.58. The molecule has 2 aliphatic heterocycles. The number of sulfonamides is 1. The number of carboxylic acids is 1. The van der Waals surface area contributed by atoms with Gasteiger partial charge in [0.1, 0.15) is 4.90 Å². The second-order valence-electron chi connectivity index (χ2n) is 6.67. The first-order valence-electron chi connectivity index (χ1n) is 8.29. The van der Waals surface area contributed by atoms with E-state index in [0.29, 0.717) is 19.4 Å². The van der Waals surface area contributed by atoms with Gasteiger partial charge in [0.15, 0.2) is 0 Å². The number of benzene rings is 1. The van der Waals surface area contributed by atoms with Crippen LogP contribution in [0.1, 0.15) is 24.8 Å². The van der Waals surface area contributed by atoms with Crippen molar-refractivity contribution in [1.82, 2.24) is 14.1 Å². The topological polar surface area (TPSA) is 92.5 Å². The van der Waals surface area contributed by atoms with Gasteiger partial charge in [0, 0.05) is 18.3 Å². The highest BCUT2D eigenvalue weighted by Crippen LogP contribution is 2.44. The van der Waals surface area contributed by atoms with Crippen LogP contribution in [0, 0.1) is 5.92 Å². The van der Waals surface area contributed by atoms with E-state index in [0.717, 1.165) is 12.0 Å². The molecule has 1 aromatic carbocycles. The molecule has 1 N–H and O–H groups in total. The Labute approximate surface area is 145 Å². The summed E-state index contributed by atoms with van der Waals surface area (Å²) >= 11 is 0. The van der Waals surface area contributed by atoms with Crippen LogP contribution in [-0.4, -0.2) is 45.7 Å². The Morgan fingerprint density at radius 3 is 2.68 bits per heavy atom. The van der Waals surface area contributed by atoms with Gasteiger partial charge in [0.05, 0.1) is 18.7 Å². The smallest absolute Gasteiger partial charge is 0.308 e. The van der Waals surface area contributed by atoms with E-state index in [2.05, 4.69) is 5.10 Å². The number of hydrogen-bond acceptors (Lipinski definition) is 4. The van der Waals surface area contributed by atoms with Gasteiger partial charge in [0.25, 0.3) is 0 Å². The number of carboxylic acid groups (broad SMARTS) is 1. The van der Waals surface area contributed by atoms with E-state index >= 15 is 0 Å². The van der Waals surface area contributed by atoms with Crippen LogP contribution in [0.3, 0.4) is 0 Å². The van der Waals surface area contributed by atoms with Crippen molar-refractivity contribution in [2.24, 2.45) is 5.92 Å². The molecule has 1 aromatic heterocycles. The van der Waals surface area contributed by atoms with Crippen molar-refractivity contribution in [3.8, 4) is 0 Å². The maximum absolute atomic E-state index is 13.0. The Bertz CT molecular complexity index is 894. The highest BCUT2D eigenvalue weighted by Gasteiger charge is 2.54. The molecule has 2 saturated heterocycles. The number of nitrogens with zero attached hydrogens (tertiary/aromatic N) is 3. The number of rotatable bonds is 5. The first-order chi connectivity index (χ1) is 12.0. The average Bonchev–Trinajstić information content (AvgIpc) is 3.30. The minimum Gasteiger partial charge on any atom is -0.481 e. The second-order valence-corrected chi connectivity index (χ2v) is 8.52. The molecule has 132 valence electrons. The Kier molecular flexibility index (Phi) is 3.88. The van der Waals surface area contributed by atoms with Gasteiger partial charge in [-0.1, -0.05) is 30.3 Å². The molecule has 3 unspecified atom stereocenters. The van der Waals surface area contributed by atoms with Gasteiger partial charge in [-0.2, -0.15) is 9.40 Å². The summed E-state index contributed by atoms with van der Waals surface area (Å²) in [4.78, 5) is 11.5. The molecule has 0 radical (unpaired) electrons. The maximum Gasteiger partial charge on any atom is 0.308 e. The molecule has 2 aliphatic rings. The lowest BCUT2D eigenvalue weighted by molar-refractivity contribution is -0.142. The fourth-order valence-corrected chi connectivity index (χ4v) is 5.91. The predicted molar refractivity (Wildman–Crippen MR) is 89.3 cm³/mol. The van der Waals surface area contributed by atoms with Crippen LogP contribution in [0.4, 0.5) is 0 Å². The fourth-order valence-electron chi connectivity index (χ4n) is 4.04. The lowest BCUT2D eigenvalue weighted by atomic mass is 9.89. The minimum atomic E-state index is -3.73. The molecule has 3 atom stereocenters. The van der Waals surface area contributed by atoms with E-state index in [1.54, 1.807) is 4.68 Å². The summed E-state index contributed by atoms with van der Waals surface area (Å²) < 4.78 is 29.0. The van der Waals surface area contributed by atoms with E-state index in [-0.39, 0.29) is 10.9 Å². The molecule has 4 rings (SSSR count). The maximum atomic E-state index is 13.0. The van der Waals surface area contributed by atoms with Crippen molar-refractivity contribution < 1.29 is 18.3 Å². The molecule has 0 aliphatic carbocycles. The number of carbonyl (C=O) groups is 1. The molecule has 2 bridgehead atoms. The van der Waals surface area contributed by atoms with E-state index in [1.807, 2.05) is 30.3 Å². The van der Waals surface area contributed by atoms with Crippen molar-refractivity contribution in [2.45, 2.75) is 42.8 Å². The monoisotopic (exact) mass is 361 g/mol. The van der Waals surface area contributed by atoms with Gasteiger partial charge in [-0.15, -0.1) is 0 Å². The van der Waals surface area contributed by atoms with Crippen LogP contribution in [0.25, 0.3) is 0 Å². The minimum absolute atomic E-state index is 0.131. The van der Waals surface area contributed by atoms with Gasteiger partial charge in [0.2, 0.25) is 10.0 Å². The fraction of sp³-hybridized carbons (Fsp3) is 0.412. The summed E-state index contributed by atoms with van der Waals surface area (Å²) in [5.41, 5.74) is 1.03. The van der Waals surface area contributed by atoms with Gasteiger partial charge < -0.3 is 5.11 Å². The van der Waals surface area contributed by atoms with Crippen LogP contribution < -0.4 is 0 Å². The summed E-state index contributed by atoms with van der Waals surface area (Å²) in [5.74, 6) is -1.51. The Morgan fingerprint density at radius 2 is 2.00 bits per heavy atom. The van der Waals surface area contributed by atoms with E-state index in [9.17, 15) is 18.3 Å². The molecule has 25 heavy (non-hydrogen) atoms. The van der Waals surface area contributed by atoms with Crippen molar-refractivity contribution >= 4 is 16.0 Å². The summed E-state index contributed by atoms with van der Waals surface area (Å²) in [6.07, 6.45) is 4.61. The number of fused-ring (bicyclic) bond motifs is 2. The third-order valence-electron chi connectivity index (χ3n) is 5.16. The van der Waals surface area contributed by atoms with Crippen LogP contribution in [0.2, 0.25) is 0 Å². The van der Waals surface area contributed by atoms with Crippen molar-refractivity contribution in [3.05, 3.63) is 48.3 Å². The van der Waals surface area contributed by atoms with Crippen LogP contribution >= 0.6 is 0 Å². The Morgan fingerprint density at radius 1 is 1.24 bits per heavy atom. The molecule has 0 saturated carbocycles. The zero-order valence-corrected chi connectivity index (χ0v) is 14.3. The normalized spacial score (nSPS) is 26.2. The van der Waals surface area contributed by atoms with Gasteiger partial charge in [-0.3, -0.25) is 9.48 Å². The molecule has 2 fully saturated rings. The second kappa shape index (κ2) is 5.96. The summed E-state index contributed by atoms with van der Waals surface area (Å²) in [6, 6.07) is 9.01.